The number of benzene rings is 2. The molecule has 0 spiro atoms. The van der Waals surface area contributed by atoms with Crippen LogP contribution < -0.4 is 16.5 Å². The monoisotopic (exact) mass is 378 g/mol. The summed E-state index contributed by atoms with van der Waals surface area (Å²) in [5.74, 6) is -1.04. The molecule has 2 rings (SSSR count). The van der Waals surface area contributed by atoms with Crippen molar-refractivity contribution in [2.24, 2.45) is 5.10 Å². The first kappa shape index (κ1) is 20.0. The third-order valence-corrected chi connectivity index (χ3v) is 3.41. The SMILES string of the molecule is C/C(CC(=O)Nc1cccc(C(F)(F)F)c1)=N/NC(=O)c1ccc(N)cc1. The summed E-state index contributed by atoms with van der Waals surface area (Å²) in [5, 5.41) is 6.17. The molecule has 2 amide bonds. The lowest BCUT2D eigenvalue weighted by molar-refractivity contribution is -0.137. The predicted molar refractivity (Wildman–Crippen MR) is 96.1 cm³/mol. The number of carbonyl (C=O) groups is 2. The molecule has 0 heterocycles. The van der Waals surface area contributed by atoms with Gasteiger partial charge in [-0.2, -0.15) is 18.3 Å². The third-order valence-electron chi connectivity index (χ3n) is 3.41. The van der Waals surface area contributed by atoms with Crippen molar-refractivity contribution in [1.82, 2.24) is 5.43 Å². The second kappa shape index (κ2) is 8.35. The zero-order valence-electron chi connectivity index (χ0n) is 14.3. The van der Waals surface area contributed by atoms with Crippen LogP contribution in [-0.2, 0) is 11.0 Å². The molecule has 142 valence electrons. The van der Waals surface area contributed by atoms with E-state index in [1.54, 1.807) is 12.1 Å². The van der Waals surface area contributed by atoms with Crippen LogP contribution in [0, 0.1) is 0 Å². The molecule has 0 aromatic heterocycles. The van der Waals surface area contributed by atoms with Gasteiger partial charge in [-0.25, -0.2) is 5.43 Å². The Bertz CT molecular complexity index is 862. The quantitative estimate of drug-likeness (QED) is 0.422. The fourth-order valence-corrected chi connectivity index (χ4v) is 2.10. The second-order valence-corrected chi connectivity index (χ2v) is 5.71. The Balaban J connectivity index is 1.92. The average molecular weight is 378 g/mol. The number of halogens is 3. The number of nitrogens with two attached hydrogens (primary N) is 1. The number of hydrogen-bond acceptors (Lipinski definition) is 4. The van der Waals surface area contributed by atoms with Gasteiger partial charge in [0.05, 0.1) is 12.0 Å². The van der Waals surface area contributed by atoms with Crippen molar-refractivity contribution in [2.75, 3.05) is 11.1 Å². The molecule has 0 saturated heterocycles. The molecule has 0 aliphatic carbocycles. The minimum atomic E-state index is -4.50. The van der Waals surface area contributed by atoms with Crippen molar-refractivity contribution in [3.05, 3.63) is 59.7 Å². The van der Waals surface area contributed by atoms with Crippen molar-refractivity contribution in [2.45, 2.75) is 19.5 Å². The molecule has 0 unspecified atom stereocenters. The van der Waals surface area contributed by atoms with E-state index in [4.69, 9.17) is 5.73 Å². The lowest BCUT2D eigenvalue weighted by Crippen LogP contribution is -2.21. The van der Waals surface area contributed by atoms with Crippen LogP contribution in [0.2, 0.25) is 0 Å². The number of amides is 2. The van der Waals surface area contributed by atoms with Crippen molar-refractivity contribution in [3.63, 3.8) is 0 Å². The van der Waals surface area contributed by atoms with Crippen LogP contribution in [-0.4, -0.2) is 17.5 Å². The number of rotatable bonds is 5. The fourth-order valence-electron chi connectivity index (χ4n) is 2.10. The summed E-state index contributed by atoms with van der Waals surface area (Å²) in [6.45, 7) is 1.51. The molecule has 0 atom stereocenters. The highest BCUT2D eigenvalue weighted by molar-refractivity contribution is 6.06. The van der Waals surface area contributed by atoms with Gasteiger partial charge in [-0.15, -0.1) is 0 Å². The smallest absolute Gasteiger partial charge is 0.399 e. The second-order valence-electron chi connectivity index (χ2n) is 5.71. The molecule has 0 fully saturated rings. The van der Waals surface area contributed by atoms with Crippen molar-refractivity contribution < 1.29 is 22.8 Å². The molecule has 9 heteroatoms. The minimum absolute atomic E-state index is 0.0218. The van der Waals surface area contributed by atoms with Gasteiger partial charge in [-0.3, -0.25) is 9.59 Å². The van der Waals surface area contributed by atoms with Gasteiger partial charge >= 0.3 is 6.18 Å². The van der Waals surface area contributed by atoms with Crippen molar-refractivity contribution in [1.29, 1.82) is 0 Å². The van der Waals surface area contributed by atoms with Crippen molar-refractivity contribution >= 4 is 28.9 Å². The standard InChI is InChI=1S/C18H17F3N4O2/c1-11(24-25-17(27)12-5-7-14(22)8-6-12)9-16(26)23-15-4-2-3-13(10-15)18(19,20)21/h2-8,10H,9,22H2,1H3,(H,23,26)(H,25,27)/b24-11-. The van der Waals surface area contributed by atoms with Crippen LogP contribution in [0.3, 0.4) is 0 Å². The van der Waals surface area contributed by atoms with Crippen molar-refractivity contribution in [3.8, 4) is 0 Å². The average Bonchev–Trinajstić information content (AvgIpc) is 2.59. The summed E-state index contributed by atoms with van der Waals surface area (Å²) in [4.78, 5) is 23.8. The first-order chi connectivity index (χ1) is 12.6. The van der Waals surface area contributed by atoms with E-state index in [0.29, 0.717) is 11.3 Å². The Morgan fingerprint density at radius 1 is 1.11 bits per heavy atom. The Kier molecular flexibility index (Phi) is 6.17. The summed E-state index contributed by atoms with van der Waals surface area (Å²) in [6.07, 6.45) is -4.69. The topological polar surface area (TPSA) is 96.6 Å². The van der Waals surface area contributed by atoms with E-state index in [0.717, 1.165) is 12.1 Å². The number of carbonyl (C=O) groups excluding carboxylic acids is 2. The van der Waals surface area contributed by atoms with E-state index >= 15 is 0 Å². The number of nitrogens with zero attached hydrogens (tertiary/aromatic N) is 1. The maximum absolute atomic E-state index is 12.7. The molecule has 2 aromatic rings. The molecule has 0 saturated carbocycles. The highest BCUT2D eigenvalue weighted by Gasteiger charge is 2.30. The number of alkyl halides is 3. The molecule has 0 aliphatic heterocycles. The number of hydrazone groups is 1. The van der Waals surface area contributed by atoms with E-state index in [2.05, 4.69) is 15.8 Å². The van der Waals surface area contributed by atoms with Gasteiger partial charge < -0.3 is 11.1 Å². The Morgan fingerprint density at radius 3 is 2.41 bits per heavy atom. The molecule has 2 aromatic carbocycles. The molecule has 4 N–H and O–H groups in total. The molecule has 6 nitrogen and oxygen atoms in total. The zero-order chi connectivity index (χ0) is 20.0. The maximum atomic E-state index is 12.7. The zero-order valence-corrected chi connectivity index (χ0v) is 14.3. The first-order valence-corrected chi connectivity index (χ1v) is 7.81. The van der Waals surface area contributed by atoms with E-state index in [1.807, 2.05) is 0 Å². The lowest BCUT2D eigenvalue weighted by atomic mass is 10.2. The molecular weight excluding hydrogens is 361 g/mol. The molecule has 0 bridgehead atoms. The number of hydrogen-bond donors (Lipinski definition) is 3. The number of nitrogen functional groups attached to an aromatic ring is 1. The molecule has 0 aliphatic rings. The lowest BCUT2D eigenvalue weighted by Gasteiger charge is -2.10. The maximum Gasteiger partial charge on any atom is 0.416 e. The van der Waals surface area contributed by atoms with Crippen LogP contribution >= 0.6 is 0 Å². The Morgan fingerprint density at radius 2 is 1.78 bits per heavy atom. The summed E-state index contributed by atoms with van der Waals surface area (Å²) in [7, 11) is 0. The summed E-state index contributed by atoms with van der Waals surface area (Å²) < 4.78 is 38.0. The highest BCUT2D eigenvalue weighted by Crippen LogP contribution is 2.30. The normalized spacial score (nSPS) is 11.8. The van der Waals surface area contributed by atoms with Crippen LogP contribution in [0.5, 0.6) is 0 Å². The summed E-state index contributed by atoms with van der Waals surface area (Å²) in [6, 6.07) is 10.5. The van der Waals surface area contributed by atoms with Gasteiger partial charge in [0.1, 0.15) is 0 Å². The number of nitrogens with one attached hydrogen (secondary N) is 2. The van der Waals surface area contributed by atoms with Gasteiger partial charge in [0, 0.05) is 22.6 Å². The van der Waals surface area contributed by atoms with E-state index in [1.165, 1.54) is 31.2 Å². The predicted octanol–water partition coefficient (Wildman–Crippen LogP) is 3.42. The van der Waals surface area contributed by atoms with E-state index < -0.39 is 23.6 Å². The third kappa shape index (κ3) is 6.14. The largest absolute Gasteiger partial charge is 0.416 e. The fraction of sp³-hybridized carbons (Fsp3) is 0.167. The first-order valence-electron chi connectivity index (χ1n) is 7.81. The Hall–Kier alpha value is -3.36. The van der Waals surface area contributed by atoms with Gasteiger partial charge in [-0.1, -0.05) is 6.07 Å². The molecule has 27 heavy (non-hydrogen) atoms. The van der Waals surface area contributed by atoms with Gasteiger partial charge in [0.25, 0.3) is 5.91 Å². The van der Waals surface area contributed by atoms with Gasteiger partial charge in [0.2, 0.25) is 5.91 Å². The van der Waals surface area contributed by atoms with Gasteiger partial charge in [-0.05, 0) is 49.4 Å². The van der Waals surface area contributed by atoms with Crippen LogP contribution in [0.1, 0.15) is 29.3 Å². The molecule has 0 radical (unpaired) electrons. The van der Waals surface area contributed by atoms with E-state index in [-0.39, 0.29) is 17.8 Å². The summed E-state index contributed by atoms with van der Waals surface area (Å²) in [5.41, 5.74) is 8.13. The highest BCUT2D eigenvalue weighted by atomic mass is 19.4. The minimum Gasteiger partial charge on any atom is -0.399 e. The Labute approximate surface area is 153 Å². The number of anilines is 2. The van der Waals surface area contributed by atoms with Crippen LogP contribution in [0.25, 0.3) is 0 Å². The molecular formula is C18H17F3N4O2. The summed E-state index contributed by atoms with van der Waals surface area (Å²) >= 11 is 0. The van der Waals surface area contributed by atoms with Crippen LogP contribution in [0.4, 0.5) is 24.5 Å². The van der Waals surface area contributed by atoms with E-state index in [9.17, 15) is 22.8 Å². The van der Waals surface area contributed by atoms with Crippen LogP contribution in [0.15, 0.2) is 53.6 Å². The van der Waals surface area contributed by atoms with Gasteiger partial charge in [0.15, 0.2) is 0 Å².